The van der Waals surface area contributed by atoms with Gasteiger partial charge in [-0.05, 0) is 30.3 Å². The van der Waals surface area contributed by atoms with Gasteiger partial charge < -0.3 is 19.7 Å². The molecular weight excluding hydrogens is 332 g/mol. The van der Waals surface area contributed by atoms with Crippen LogP contribution in [-0.2, 0) is 4.74 Å². The maximum absolute atomic E-state index is 12.3. The predicted octanol–water partition coefficient (Wildman–Crippen LogP) is 2.35. The molecule has 0 radical (unpaired) electrons. The minimum absolute atomic E-state index is 0.134. The zero-order valence-electron chi connectivity index (χ0n) is 13.2. The Labute approximate surface area is 144 Å². The lowest BCUT2D eigenvalue weighted by Gasteiger charge is -2.26. The number of nitrogens with one attached hydrogen (secondary N) is 1. The van der Waals surface area contributed by atoms with Crippen LogP contribution in [0.5, 0.6) is 5.75 Å². The van der Waals surface area contributed by atoms with Gasteiger partial charge >= 0.3 is 0 Å². The Balaban J connectivity index is 1.68. The summed E-state index contributed by atoms with van der Waals surface area (Å²) in [6.07, 6.45) is 0. The van der Waals surface area contributed by atoms with Gasteiger partial charge in [-0.25, -0.2) is 0 Å². The van der Waals surface area contributed by atoms with Crippen molar-refractivity contribution >= 4 is 29.0 Å². The third kappa shape index (κ3) is 3.74. The number of benzene rings is 1. The normalized spacial score (nSPS) is 14.3. The van der Waals surface area contributed by atoms with Gasteiger partial charge in [-0.1, -0.05) is 11.6 Å². The highest BCUT2D eigenvalue weighted by Crippen LogP contribution is 2.28. The van der Waals surface area contributed by atoms with E-state index >= 15 is 0 Å². The van der Waals surface area contributed by atoms with Crippen LogP contribution in [0.4, 0.5) is 11.5 Å². The van der Waals surface area contributed by atoms with Gasteiger partial charge in [-0.15, -0.1) is 10.2 Å². The zero-order chi connectivity index (χ0) is 16.9. The van der Waals surface area contributed by atoms with Gasteiger partial charge in [0.1, 0.15) is 5.75 Å². The van der Waals surface area contributed by atoms with E-state index in [1.54, 1.807) is 36.3 Å². The maximum Gasteiger partial charge on any atom is 0.274 e. The predicted molar refractivity (Wildman–Crippen MR) is 90.0 cm³/mol. The van der Waals surface area contributed by atoms with Gasteiger partial charge in [-0.3, -0.25) is 4.79 Å². The molecule has 0 bridgehead atoms. The Hall–Kier alpha value is -2.38. The van der Waals surface area contributed by atoms with E-state index in [2.05, 4.69) is 15.5 Å². The molecule has 1 aliphatic heterocycles. The lowest BCUT2D eigenvalue weighted by Crippen LogP contribution is -2.41. The average Bonchev–Trinajstić information content (AvgIpc) is 2.63. The first-order chi connectivity index (χ1) is 11.7. The Morgan fingerprint density at radius 3 is 2.67 bits per heavy atom. The largest absolute Gasteiger partial charge is 0.495 e. The summed E-state index contributed by atoms with van der Waals surface area (Å²) in [6, 6.07) is 8.67. The molecule has 1 aromatic carbocycles. The van der Waals surface area contributed by atoms with Crippen LogP contribution in [0.15, 0.2) is 30.3 Å². The Morgan fingerprint density at radius 1 is 1.25 bits per heavy atom. The molecule has 1 aliphatic rings. The molecule has 0 spiro atoms. The minimum Gasteiger partial charge on any atom is -0.495 e. The Kier molecular flexibility index (Phi) is 5.12. The highest BCUT2D eigenvalue weighted by molar-refractivity contribution is 6.32. The molecule has 2 aromatic rings. The van der Waals surface area contributed by atoms with E-state index in [1.165, 1.54) is 0 Å². The van der Waals surface area contributed by atoms with Gasteiger partial charge in [0.25, 0.3) is 5.91 Å². The van der Waals surface area contributed by atoms with Crippen molar-refractivity contribution in [3.05, 3.63) is 41.0 Å². The number of carbonyl (C=O) groups excluding carboxylic acids is 1. The van der Waals surface area contributed by atoms with Gasteiger partial charge in [0.15, 0.2) is 11.5 Å². The number of morpholine rings is 1. The SMILES string of the molecule is COc1ccc(Nc2ccc(C(=O)N3CCOCC3)nn2)cc1Cl. The number of rotatable bonds is 4. The number of ether oxygens (including phenoxy) is 2. The standard InChI is InChI=1S/C16H17ClN4O3/c1-23-14-4-2-11(10-12(14)17)18-15-5-3-13(19-20-15)16(22)21-6-8-24-9-7-21/h2-5,10H,6-9H2,1H3,(H,18,20). The van der Waals surface area contributed by atoms with Crippen molar-refractivity contribution in [1.82, 2.24) is 15.1 Å². The molecule has 1 N–H and O–H groups in total. The van der Waals surface area contributed by atoms with Gasteiger partial charge in [0.2, 0.25) is 0 Å². The molecule has 1 amide bonds. The first-order valence-electron chi connectivity index (χ1n) is 7.48. The molecule has 0 saturated carbocycles. The second-order valence-corrected chi connectivity index (χ2v) is 5.59. The minimum atomic E-state index is -0.134. The van der Waals surface area contributed by atoms with Crippen LogP contribution in [-0.4, -0.2) is 54.4 Å². The second-order valence-electron chi connectivity index (χ2n) is 5.18. The van der Waals surface area contributed by atoms with E-state index in [0.717, 1.165) is 5.69 Å². The van der Waals surface area contributed by atoms with Crippen molar-refractivity contribution in [3.63, 3.8) is 0 Å². The summed E-state index contributed by atoms with van der Waals surface area (Å²) >= 11 is 6.09. The Bertz CT molecular complexity index is 718. The maximum atomic E-state index is 12.3. The van der Waals surface area contributed by atoms with Crippen molar-refractivity contribution in [2.24, 2.45) is 0 Å². The van der Waals surface area contributed by atoms with Crippen LogP contribution in [0.25, 0.3) is 0 Å². The molecule has 7 nitrogen and oxygen atoms in total. The monoisotopic (exact) mass is 348 g/mol. The third-order valence-electron chi connectivity index (χ3n) is 3.61. The molecule has 2 heterocycles. The van der Waals surface area contributed by atoms with E-state index in [0.29, 0.717) is 48.6 Å². The molecule has 0 unspecified atom stereocenters. The van der Waals surface area contributed by atoms with Crippen LogP contribution in [0.2, 0.25) is 5.02 Å². The van der Waals surface area contributed by atoms with E-state index in [9.17, 15) is 4.79 Å². The number of anilines is 2. The average molecular weight is 349 g/mol. The smallest absolute Gasteiger partial charge is 0.274 e. The zero-order valence-corrected chi connectivity index (χ0v) is 13.9. The quantitative estimate of drug-likeness (QED) is 0.914. The van der Waals surface area contributed by atoms with E-state index in [1.807, 2.05) is 6.07 Å². The summed E-state index contributed by atoms with van der Waals surface area (Å²) < 4.78 is 10.3. The summed E-state index contributed by atoms with van der Waals surface area (Å²) in [4.78, 5) is 14.0. The fourth-order valence-electron chi connectivity index (χ4n) is 2.33. The lowest BCUT2D eigenvalue weighted by molar-refractivity contribution is 0.0298. The number of hydrogen-bond donors (Lipinski definition) is 1. The molecule has 3 rings (SSSR count). The molecule has 24 heavy (non-hydrogen) atoms. The first kappa shape index (κ1) is 16.5. The summed E-state index contributed by atoms with van der Waals surface area (Å²) in [6.45, 7) is 2.25. The van der Waals surface area contributed by atoms with Crippen molar-refractivity contribution < 1.29 is 14.3 Å². The van der Waals surface area contributed by atoms with Gasteiger partial charge in [0, 0.05) is 18.8 Å². The van der Waals surface area contributed by atoms with E-state index in [4.69, 9.17) is 21.1 Å². The fraction of sp³-hybridized carbons (Fsp3) is 0.312. The third-order valence-corrected chi connectivity index (χ3v) is 3.90. The highest BCUT2D eigenvalue weighted by atomic mass is 35.5. The van der Waals surface area contributed by atoms with Gasteiger partial charge in [-0.2, -0.15) is 0 Å². The summed E-state index contributed by atoms with van der Waals surface area (Å²) in [7, 11) is 1.56. The molecule has 0 atom stereocenters. The molecular formula is C16H17ClN4O3. The topological polar surface area (TPSA) is 76.6 Å². The number of hydrogen-bond acceptors (Lipinski definition) is 6. The van der Waals surface area contributed by atoms with Crippen LogP contribution >= 0.6 is 11.6 Å². The second kappa shape index (κ2) is 7.46. The summed E-state index contributed by atoms with van der Waals surface area (Å²) in [5.74, 6) is 0.986. The number of nitrogens with zero attached hydrogens (tertiary/aromatic N) is 3. The van der Waals surface area contributed by atoms with Crippen LogP contribution < -0.4 is 10.1 Å². The Morgan fingerprint density at radius 2 is 2.04 bits per heavy atom. The molecule has 126 valence electrons. The number of amides is 1. The number of methoxy groups -OCH3 is 1. The summed E-state index contributed by atoms with van der Waals surface area (Å²) in [5.41, 5.74) is 1.07. The lowest BCUT2D eigenvalue weighted by atomic mass is 10.3. The van der Waals surface area contributed by atoms with Crippen molar-refractivity contribution in [2.45, 2.75) is 0 Å². The van der Waals surface area contributed by atoms with Crippen molar-refractivity contribution in [1.29, 1.82) is 0 Å². The number of halogens is 1. The van der Waals surface area contributed by atoms with Crippen molar-refractivity contribution in [3.8, 4) is 5.75 Å². The number of aromatic nitrogens is 2. The molecule has 1 aromatic heterocycles. The van der Waals surface area contributed by atoms with Gasteiger partial charge in [0.05, 0.1) is 25.3 Å². The number of carbonyl (C=O) groups is 1. The fourth-order valence-corrected chi connectivity index (χ4v) is 2.59. The van der Waals surface area contributed by atoms with Crippen molar-refractivity contribution in [2.75, 3.05) is 38.7 Å². The molecule has 1 saturated heterocycles. The van der Waals surface area contributed by atoms with Crippen LogP contribution in [0, 0.1) is 0 Å². The van der Waals surface area contributed by atoms with E-state index in [-0.39, 0.29) is 5.91 Å². The molecule has 8 heteroatoms. The first-order valence-corrected chi connectivity index (χ1v) is 7.86. The van der Waals surface area contributed by atoms with Crippen LogP contribution in [0.3, 0.4) is 0 Å². The summed E-state index contributed by atoms with van der Waals surface area (Å²) in [5, 5.41) is 11.6. The van der Waals surface area contributed by atoms with E-state index < -0.39 is 0 Å². The molecule has 0 aliphatic carbocycles. The van der Waals surface area contributed by atoms with Crippen LogP contribution in [0.1, 0.15) is 10.5 Å². The highest BCUT2D eigenvalue weighted by Gasteiger charge is 2.19. The molecule has 1 fully saturated rings.